The van der Waals surface area contributed by atoms with Gasteiger partial charge in [0.2, 0.25) is 0 Å². The molecule has 1 aromatic carbocycles. The summed E-state index contributed by atoms with van der Waals surface area (Å²) in [6, 6.07) is 6.04. The molecular weight excluding hydrogens is 275 g/mol. The number of halogens is 2. The van der Waals surface area contributed by atoms with Crippen LogP contribution in [0.25, 0.3) is 11.4 Å². The maximum atomic E-state index is 13.2. The van der Waals surface area contributed by atoms with E-state index >= 15 is 0 Å². The second kappa shape index (κ2) is 4.67. The lowest BCUT2D eigenvalue weighted by atomic mass is 10.2. The Kier molecular flexibility index (Phi) is 3.26. The summed E-state index contributed by atoms with van der Waals surface area (Å²) in [4.78, 5) is 8.13. The van der Waals surface area contributed by atoms with Crippen LogP contribution < -0.4 is 0 Å². The predicted octanol–water partition coefficient (Wildman–Crippen LogP) is 2.54. The van der Waals surface area contributed by atoms with E-state index in [0.29, 0.717) is 21.6 Å². The Morgan fingerprint density at radius 2 is 2.12 bits per heavy atom. The van der Waals surface area contributed by atoms with Crippen LogP contribution in [0.1, 0.15) is 5.69 Å². The summed E-state index contributed by atoms with van der Waals surface area (Å²) in [6.45, 7) is -0.161. The van der Waals surface area contributed by atoms with Gasteiger partial charge in [-0.2, -0.15) is 0 Å². The van der Waals surface area contributed by atoms with Crippen LogP contribution in [-0.4, -0.2) is 15.1 Å². The van der Waals surface area contributed by atoms with Gasteiger partial charge in [-0.05, 0) is 24.3 Å². The third-order valence-electron chi connectivity index (χ3n) is 2.00. The van der Waals surface area contributed by atoms with Gasteiger partial charge in [0.1, 0.15) is 5.82 Å². The Morgan fingerprint density at radius 1 is 1.31 bits per heavy atom. The number of benzene rings is 1. The molecule has 16 heavy (non-hydrogen) atoms. The van der Waals surface area contributed by atoms with Gasteiger partial charge in [-0.15, -0.1) is 0 Å². The quantitative estimate of drug-likeness (QED) is 0.921. The zero-order valence-electron chi connectivity index (χ0n) is 8.19. The first-order chi connectivity index (χ1) is 7.69. The fourth-order valence-corrected chi connectivity index (χ4v) is 1.77. The van der Waals surface area contributed by atoms with Gasteiger partial charge in [-0.3, -0.25) is 0 Å². The van der Waals surface area contributed by atoms with Crippen LogP contribution in [0.2, 0.25) is 0 Å². The first kappa shape index (κ1) is 11.2. The molecule has 0 atom stereocenters. The Morgan fingerprint density at radius 3 is 2.81 bits per heavy atom. The minimum atomic E-state index is -0.359. The number of hydrogen-bond acceptors (Lipinski definition) is 3. The summed E-state index contributed by atoms with van der Waals surface area (Å²) < 4.78 is 13.8. The molecule has 82 valence electrons. The first-order valence-electron chi connectivity index (χ1n) is 4.58. The summed E-state index contributed by atoms with van der Waals surface area (Å²) in [6.07, 6.45) is 1.53. The maximum Gasteiger partial charge on any atom is 0.159 e. The van der Waals surface area contributed by atoms with Crippen LogP contribution >= 0.6 is 15.9 Å². The largest absolute Gasteiger partial charge is 0.390 e. The Balaban J connectivity index is 2.49. The van der Waals surface area contributed by atoms with Crippen molar-refractivity contribution in [2.75, 3.05) is 0 Å². The van der Waals surface area contributed by atoms with Crippen molar-refractivity contribution in [3.05, 3.63) is 46.4 Å². The predicted molar refractivity (Wildman–Crippen MR) is 61.0 cm³/mol. The molecule has 1 aromatic heterocycles. The average molecular weight is 283 g/mol. The van der Waals surface area contributed by atoms with Crippen molar-refractivity contribution < 1.29 is 9.50 Å². The third-order valence-corrected chi connectivity index (χ3v) is 2.45. The molecule has 0 aliphatic carbocycles. The molecule has 0 aliphatic rings. The molecule has 0 saturated carbocycles. The van der Waals surface area contributed by atoms with Gasteiger partial charge in [0, 0.05) is 16.2 Å². The summed E-state index contributed by atoms with van der Waals surface area (Å²) in [5.41, 5.74) is 1.08. The van der Waals surface area contributed by atoms with Crippen molar-refractivity contribution in [3.63, 3.8) is 0 Å². The van der Waals surface area contributed by atoms with Crippen molar-refractivity contribution in [1.29, 1.82) is 0 Å². The van der Waals surface area contributed by atoms with Crippen molar-refractivity contribution in [1.82, 2.24) is 9.97 Å². The van der Waals surface area contributed by atoms with Gasteiger partial charge in [-0.1, -0.05) is 15.9 Å². The molecule has 0 aliphatic heterocycles. The van der Waals surface area contributed by atoms with E-state index in [1.165, 1.54) is 18.3 Å². The molecule has 0 fully saturated rings. The Bertz CT molecular complexity index is 499. The number of rotatable bonds is 2. The molecule has 1 N–H and O–H groups in total. The smallest absolute Gasteiger partial charge is 0.159 e. The second-order valence-corrected chi connectivity index (χ2v) is 4.10. The fraction of sp³-hybridized carbons (Fsp3) is 0.0909. The summed E-state index contributed by atoms with van der Waals surface area (Å²) in [5.74, 6) is 0.0362. The van der Waals surface area contributed by atoms with Gasteiger partial charge in [0.15, 0.2) is 5.82 Å². The molecule has 2 rings (SSSR count). The lowest BCUT2D eigenvalue weighted by molar-refractivity contribution is 0.277. The highest BCUT2D eigenvalue weighted by Gasteiger charge is 2.05. The second-order valence-electron chi connectivity index (χ2n) is 3.19. The number of hydrogen-bond donors (Lipinski definition) is 1. The van der Waals surface area contributed by atoms with Crippen molar-refractivity contribution in [2.45, 2.75) is 6.61 Å². The zero-order chi connectivity index (χ0) is 11.5. The van der Waals surface area contributed by atoms with Gasteiger partial charge in [0.05, 0.1) is 12.3 Å². The number of aliphatic hydroxyl groups excluding tert-OH is 1. The molecule has 0 amide bonds. The van der Waals surface area contributed by atoms with Gasteiger partial charge in [0.25, 0.3) is 0 Å². The molecule has 1 heterocycles. The van der Waals surface area contributed by atoms with E-state index in [1.54, 1.807) is 12.1 Å². The van der Waals surface area contributed by atoms with Crippen LogP contribution in [-0.2, 0) is 6.61 Å². The number of aliphatic hydroxyl groups is 1. The van der Waals surface area contributed by atoms with E-state index in [4.69, 9.17) is 5.11 Å². The van der Waals surface area contributed by atoms with Gasteiger partial charge < -0.3 is 5.11 Å². The zero-order valence-corrected chi connectivity index (χ0v) is 9.78. The van der Waals surface area contributed by atoms with Crippen molar-refractivity contribution in [3.8, 4) is 11.4 Å². The molecule has 0 spiro atoms. The lowest BCUT2D eigenvalue weighted by Gasteiger charge is -2.02. The molecule has 3 nitrogen and oxygen atoms in total. The Hall–Kier alpha value is -1.33. The standard InChI is InChI=1S/C11H8BrFN2O/c12-8-3-7(4-9(13)5-8)11-14-2-1-10(6-16)15-11/h1-5,16H,6H2. The molecule has 0 bridgehead atoms. The van der Waals surface area contributed by atoms with E-state index < -0.39 is 0 Å². The summed E-state index contributed by atoms with van der Waals surface area (Å²) in [7, 11) is 0. The Labute approximate surface area is 100 Å². The first-order valence-corrected chi connectivity index (χ1v) is 5.37. The summed E-state index contributed by atoms with van der Waals surface area (Å²) >= 11 is 3.20. The minimum Gasteiger partial charge on any atom is -0.390 e. The SMILES string of the molecule is OCc1ccnc(-c2cc(F)cc(Br)c2)n1. The van der Waals surface area contributed by atoms with Crippen LogP contribution in [0.5, 0.6) is 0 Å². The van der Waals surface area contributed by atoms with Crippen molar-refractivity contribution >= 4 is 15.9 Å². The maximum absolute atomic E-state index is 13.2. The fourth-order valence-electron chi connectivity index (χ4n) is 1.31. The van der Waals surface area contributed by atoms with Crippen LogP contribution in [0.3, 0.4) is 0 Å². The number of aromatic nitrogens is 2. The van der Waals surface area contributed by atoms with Crippen LogP contribution in [0.15, 0.2) is 34.9 Å². The lowest BCUT2D eigenvalue weighted by Crippen LogP contribution is -1.95. The van der Waals surface area contributed by atoms with Crippen LogP contribution in [0.4, 0.5) is 4.39 Å². The molecule has 0 saturated heterocycles. The molecule has 2 aromatic rings. The van der Waals surface area contributed by atoms with Crippen LogP contribution in [0, 0.1) is 5.82 Å². The molecule has 5 heteroatoms. The number of nitrogens with zero attached hydrogens (tertiary/aromatic N) is 2. The topological polar surface area (TPSA) is 46.0 Å². The molecule has 0 unspecified atom stereocenters. The van der Waals surface area contributed by atoms with E-state index in [0.717, 1.165) is 0 Å². The highest BCUT2D eigenvalue weighted by molar-refractivity contribution is 9.10. The van der Waals surface area contributed by atoms with E-state index in [1.807, 2.05) is 0 Å². The normalized spacial score (nSPS) is 10.4. The van der Waals surface area contributed by atoms with Crippen molar-refractivity contribution in [2.24, 2.45) is 0 Å². The average Bonchev–Trinajstić information content (AvgIpc) is 2.28. The summed E-state index contributed by atoms with van der Waals surface area (Å²) in [5, 5.41) is 8.94. The third kappa shape index (κ3) is 2.43. The molecule has 0 radical (unpaired) electrons. The van der Waals surface area contributed by atoms with Gasteiger partial charge >= 0.3 is 0 Å². The minimum absolute atomic E-state index is 0.161. The highest BCUT2D eigenvalue weighted by Crippen LogP contribution is 2.21. The van der Waals surface area contributed by atoms with E-state index in [9.17, 15) is 4.39 Å². The monoisotopic (exact) mass is 282 g/mol. The van der Waals surface area contributed by atoms with E-state index in [2.05, 4.69) is 25.9 Å². The van der Waals surface area contributed by atoms with Gasteiger partial charge in [-0.25, -0.2) is 14.4 Å². The highest BCUT2D eigenvalue weighted by atomic mass is 79.9. The molecular formula is C11H8BrFN2O. The van der Waals surface area contributed by atoms with E-state index in [-0.39, 0.29) is 12.4 Å².